The van der Waals surface area contributed by atoms with Gasteiger partial charge in [-0.15, -0.1) is 0 Å². The molecule has 1 nitrogen and oxygen atoms in total. The average molecular weight is 263 g/mol. The van der Waals surface area contributed by atoms with Gasteiger partial charge in [-0.25, -0.2) is 0 Å². The molecule has 0 aromatic rings. The lowest BCUT2D eigenvalue weighted by atomic mass is 9.55. The first kappa shape index (κ1) is 13.9. The molecule has 0 unspecified atom stereocenters. The Labute approximate surface area is 120 Å². The van der Waals surface area contributed by atoms with Crippen LogP contribution in [-0.4, -0.2) is 24.5 Å². The molecule has 0 amide bonds. The summed E-state index contributed by atoms with van der Waals surface area (Å²) in [5.41, 5.74) is 0.825. The Hall–Kier alpha value is -0.0400. The molecule has 0 aromatic heterocycles. The van der Waals surface area contributed by atoms with Crippen molar-refractivity contribution in [2.24, 2.45) is 23.2 Å². The van der Waals surface area contributed by atoms with E-state index in [1.165, 1.54) is 51.7 Å². The van der Waals surface area contributed by atoms with Crippen molar-refractivity contribution in [3.63, 3.8) is 0 Å². The van der Waals surface area contributed by atoms with Gasteiger partial charge in [0.05, 0.1) is 0 Å². The molecule has 0 bridgehead atoms. The summed E-state index contributed by atoms with van der Waals surface area (Å²) in [6, 6.07) is 0. The maximum Gasteiger partial charge on any atom is 0.000967 e. The number of rotatable bonds is 3. The molecule has 1 spiro atoms. The van der Waals surface area contributed by atoms with Crippen molar-refractivity contribution in [3.05, 3.63) is 0 Å². The van der Waals surface area contributed by atoms with Gasteiger partial charge in [0.15, 0.2) is 0 Å². The summed E-state index contributed by atoms with van der Waals surface area (Å²) in [6.07, 6.45) is 13.6. The summed E-state index contributed by atoms with van der Waals surface area (Å²) in [6.45, 7) is 8.99. The molecule has 2 aliphatic carbocycles. The fourth-order valence-corrected chi connectivity index (χ4v) is 5.24. The number of nitrogens with zero attached hydrogens (tertiary/aromatic N) is 1. The Kier molecular flexibility index (Phi) is 4.22. The second-order valence-corrected chi connectivity index (χ2v) is 8.11. The summed E-state index contributed by atoms with van der Waals surface area (Å²) >= 11 is 0. The molecule has 0 N–H and O–H groups in total. The van der Waals surface area contributed by atoms with Gasteiger partial charge >= 0.3 is 0 Å². The quantitative estimate of drug-likeness (QED) is 0.712. The minimum atomic E-state index is 0.825. The van der Waals surface area contributed by atoms with E-state index in [9.17, 15) is 0 Å². The lowest BCUT2D eigenvalue weighted by Crippen LogP contribution is -2.42. The fraction of sp³-hybridized carbons (Fsp3) is 1.00. The van der Waals surface area contributed by atoms with Crippen LogP contribution >= 0.6 is 0 Å². The predicted octanol–water partition coefficient (Wildman–Crippen LogP) is 4.71. The van der Waals surface area contributed by atoms with E-state index in [-0.39, 0.29) is 0 Å². The van der Waals surface area contributed by atoms with Gasteiger partial charge in [-0.2, -0.15) is 0 Å². The van der Waals surface area contributed by atoms with E-state index in [4.69, 9.17) is 0 Å². The third-order valence-corrected chi connectivity index (χ3v) is 6.53. The highest BCUT2D eigenvalue weighted by Crippen LogP contribution is 2.55. The van der Waals surface area contributed by atoms with Crippen LogP contribution in [0.5, 0.6) is 0 Å². The highest BCUT2D eigenvalue weighted by atomic mass is 15.1. The minimum Gasteiger partial charge on any atom is -0.303 e. The van der Waals surface area contributed by atoms with Gasteiger partial charge in [-0.3, -0.25) is 0 Å². The average Bonchev–Trinajstić information content (AvgIpc) is 2.41. The van der Waals surface area contributed by atoms with Crippen LogP contribution in [0.3, 0.4) is 0 Å². The molecule has 3 fully saturated rings. The number of likely N-dealkylation sites (tertiary alicyclic amines) is 1. The van der Waals surface area contributed by atoms with Crippen LogP contribution in [0.2, 0.25) is 0 Å². The topological polar surface area (TPSA) is 3.24 Å². The Morgan fingerprint density at radius 3 is 2.11 bits per heavy atom. The lowest BCUT2D eigenvalue weighted by Gasteiger charge is -2.51. The van der Waals surface area contributed by atoms with Crippen molar-refractivity contribution in [2.45, 2.75) is 71.6 Å². The van der Waals surface area contributed by atoms with Gasteiger partial charge in [-0.1, -0.05) is 20.3 Å². The Morgan fingerprint density at radius 1 is 0.947 bits per heavy atom. The van der Waals surface area contributed by atoms with Crippen LogP contribution in [0.1, 0.15) is 71.6 Å². The molecule has 2 saturated carbocycles. The third kappa shape index (κ3) is 3.17. The summed E-state index contributed by atoms with van der Waals surface area (Å²) in [5, 5.41) is 0. The molecule has 1 heterocycles. The molecule has 1 aliphatic heterocycles. The van der Waals surface area contributed by atoms with Crippen LogP contribution in [0.4, 0.5) is 0 Å². The maximum atomic E-state index is 2.78. The normalized spacial score (nSPS) is 41.4. The van der Waals surface area contributed by atoms with Gasteiger partial charge < -0.3 is 4.90 Å². The second-order valence-electron chi connectivity index (χ2n) is 8.11. The molecule has 0 aromatic carbocycles. The van der Waals surface area contributed by atoms with E-state index < -0.39 is 0 Å². The highest BCUT2D eigenvalue weighted by Gasteiger charge is 2.44. The highest BCUT2D eigenvalue weighted by molar-refractivity contribution is 4.95. The molecule has 19 heavy (non-hydrogen) atoms. The first-order valence-electron chi connectivity index (χ1n) is 8.91. The van der Waals surface area contributed by atoms with Crippen molar-refractivity contribution in [3.8, 4) is 0 Å². The van der Waals surface area contributed by atoms with E-state index >= 15 is 0 Å². The van der Waals surface area contributed by atoms with Crippen molar-refractivity contribution >= 4 is 0 Å². The van der Waals surface area contributed by atoms with E-state index in [2.05, 4.69) is 18.7 Å². The number of piperidine rings is 1. The first-order chi connectivity index (χ1) is 9.19. The number of hydrogen-bond acceptors (Lipinski definition) is 1. The summed E-state index contributed by atoms with van der Waals surface area (Å²) < 4.78 is 0. The molecule has 3 rings (SSSR count). The number of hydrogen-bond donors (Lipinski definition) is 0. The van der Waals surface area contributed by atoms with E-state index in [1.54, 1.807) is 25.7 Å². The van der Waals surface area contributed by atoms with Crippen molar-refractivity contribution in [1.29, 1.82) is 0 Å². The van der Waals surface area contributed by atoms with Crippen LogP contribution in [0.25, 0.3) is 0 Å². The smallest absolute Gasteiger partial charge is 0.000967 e. The SMILES string of the molecule is CCC1CCN(CC2CCC3(CC2)CC(C)C3)CC1. The predicted molar refractivity (Wildman–Crippen MR) is 82.2 cm³/mol. The molecule has 1 heteroatoms. The van der Waals surface area contributed by atoms with Gasteiger partial charge in [0.2, 0.25) is 0 Å². The molecule has 110 valence electrons. The largest absolute Gasteiger partial charge is 0.303 e. The third-order valence-electron chi connectivity index (χ3n) is 6.53. The van der Waals surface area contributed by atoms with Crippen molar-refractivity contribution in [2.75, 3.05) is 19.6 Å². The Bertz CT molecular complexity index is 274. The van der Waals surface area contributed by atoms with Gasteiger partial charge in [-0.05, 0) is 87.6 Å². The van der Waals surface area contributed by atoms with Gasteiger partial charge in [0.1, 0.15) is 0 Å². The lowest BCUT2D eigenvalue weighted by molar-refractivity contribution is 0.00115. The van der Waals surface area contributed by atoms with Crippen molar-refractivity contribution in [1.82, 2.24) is 4.90 Å². The molecule has 0 radical (unpaired) electrons. The molecule has 3 aliphatic rings. The summed E-state index contributed by atoms with van der Waals surface area (Å²) in [5.74, 6) is 3.09. The summed E-state index contributed by atoms with van der Waals surface area (Å²) in [7, 11) is 0. The maximum absolute atomic E-state index is 2.78. The standard InChI is InChI=1S/C18H33N/c1-3-16-6-10-19(11-7-16)14-17-4-8-18(9-5-17)12-15(2)13-18/h15-17H,3-14H2,1-2H3. The molecular formula is C18H33N. The van der Waals surface area contributed by atoms with Crippen LogP contribution < -0.4 is 0 Å². The zero-order valence-corrected chi connectivity index (χ0v) is 13.2. The van der Waals surface area contributed by atoms with E-state index in [0.717, 1.165) is 23.2 Å². The fourth-order valence-electron chi connectivity index (χ4n) is 5.24. The summed E-state index contributed by atoms with van der Waals surface area (Å²) in [4.78, 5) is 2.78. The Balaban J connectivity index is 1.38. The van der Waals surface area contributed by atoms with Gasteiger partial charge in [0, 0.05) is 6.54 Å². The zero-order chi connectivity index (χ0) is 13.3. The first-order valence-corrected chi connectivity index (χ1v) is 8.91. The molecule has 1 saturated heterocycles. The van der Waals surface area contributed by atoms with Crippen LogP contribution in [0, 0.1) is 23.2 Å². The van der Waals surface area contributed by atoms with Crippen molar-refractivity contribution < 1.29 is 0 Å². The Morgan fingerprint density at radius 2 is 1.58 bits per heavy atom. The van der Waals surface area contributed by atoms with Crippen LogP contribution in [-0.2, 0) is 0 Å². The monoisotopic (exact) mass is 263 g/mol. The van der Waals surface area contributed by atoms with Crippen LogP contribution in [0.15, 0.2) is 0 Å². The molecular weight excluding hydrogens is 230 g/mol. The van der Waals surface area contributed by atoms with E-state index in [1.807, 2.05) is 0 Å². The second kappa shape index (κ2) is 5.76. The van der Waals surface area contributed by atoms with E-state index in [0.29, 0.717) is 0 Å². The molecule has 0 atom stereocenters. The minimum absolute atomic E-state index is 0.825. The van der Waals surface area contributed by atoms with Gasteiger partial charge in [0.25, 0.3) is 0 Å². The zero-order valence-electron chi connectivity index (χ0n) is 13.2.